The van der Waals surface area contributed by atoms with Crippen LogP contribution < -0.4 is 19.7 Å². The zero-order chi connectivity index (χ0) is 28.9. The van der Waals surface area contributed by atoms with Crippen LogP contribution in [0.15, 0.2) is 85.1 Å². The van der Waals surface area contributed by atoms with Crippen molar-refractivity contribution >= 4 is 23.3 Å². The van der Waals surface area contributed by atoms with Gasteiger partial charge in [0.1, 0.15) is 24.1 Å². The Hall–Kier alpha value is -4.72. The number of methoxy groups -OCH3 is 2. The number of para-hydroxylation sites is 2. The van der Waals surface area contributed by atoms with Crippen LogP contribution in [0.4, 0.5) is 16.2 Å². The number of anilines is 2. The van der Waals surface area contributed by atoms with Crippen LogP contribution in [-0.4, -0.2) is 48.7 Å². The summed E-state index contributed by atoms with van der Waals surface area (Å²) in [5.74, 6) is 1.10. The molecule has 1 aromatic heterocycles. The second-order valence-electron chi connectivity index (χ2n) is 10.1. The van der Waals surface area contributed by atoms with Crippen molar-refractivity contribution in [2.45, 2.75) is 32.7 Å². The minimum atomic E-state index is -0.509. The Labute approximate surface area is 241 Å². The van der Waals surface area contributed by atoms with Crippen LogP contribution >= 0.6 is 0 Å². The summed E-state index contributed by atoms with van der Waals surface area (Å²) in [6.45, 7) is 4.44. The highest BCUT2D eigenvalue weighted by Crippen LogP contribution is 2.45. The SMILES string of the molecule is CCCCN(CC(=O)N1c2ccccc2-n2cccc2C1c1cc(OC)ccc1OC)C(=O)Nc1ccc(C)cc1. The molecule has 1 aliphatic rings. The first-order chi connectivity index (χ1) is 19.9. The van der Waals surface area contributed by atoms with Gasteiger partial charge in [0.15, 0.2) is 0 Å². The number of unbranched alkanes of at least 4 members (excludes halogenated alkanes) is 1. The third-order valence-corrected chi connectivity index (χ3v) is 7.42. The topological polar surface area (TPSA) is 76.0 Å². The van der Waals surface area contributed by atoms with E-state index in [1.54, 1.807) is 24.0 Å². The molecule has 0 radical (unpaired) electrons. The monoisotopic (exact) mass is 552 g/mol. The predicted molar refractivity (Wildman–Crippen MR) is 161 cm³/mol. The average Bonchev–Trinajstić information content (AvgIpc) is 3.49. The van der Waals surface area contributed by atoms with Gasteiger partial charge in [-0.3, -0.25) is 9.69 Å². The molecule has 212 valence electrons. The van der Waals surface area contributed by atoms with E-state index in [1.165, 1.54) is 0 Å². The van der Waals surface area contributed by atoms with Crippen LogP contribution in [0, 0.1) is 6.92 Å². The summed E-state index contributed by atoms with van der Waals surface area (Å²) in [4.78, 5) is 31.3. The molecular weight excluding hydrogens is 516 g/mol. The van der Waals surface area contributed by atoms with Gasteiger partial charge in [0.2, 0.25) is 5.91 Å². The van der Waals surface area contributed by atoms with E-state index in [4.69, 9.17) is 9.47 Å². The minimum Gasteiger partial charge on any atom is -0.497 e. The Bertz CT molecular complexity index is 1530. The average molecular weight is 553 g/mol. The Kier molecular flexibility index (Phi) is 8.29. The van der Waals surface area contributed by atoms with Crippen molar-refractivity contribution < 1.29 is 19.1 Å². The maximum Gasteiger partial charge on any atom is 0.322 e. The first kappa shape index (κ1) is 27.8. The van der Waals surface area contributed by atoms with E-state index in [0.717, 1.165) is 41.0 Å². The molecule has 8 heteroatoms. The van der Waals surface area contributed by atoms with Crippen LogP contribution in [0.3, 0.4) is 0 Å². The number of hydrogen-bond acceptors (Lipinski definition) is 4. The third kappa shape index (κ3) is 5.63. The number of carbonyl (C=O) groups excluding carboxylic acids is 2. The quantitative estimate of drug-likeness (QED) is 0.255. The molecule has 1 aliphatic heterocycles. The highest BCUT2D eigenvalue weighted by atomic mass is 16.5. The normalized spacial score (nSPS) is 13.7. The standard InChI is InChI=1S/C33H36N4O4/c1-5-6-19-35(33(39)34-24-15-13-23(2)14-16-24)22-31(38)37-28-11-8-7-10-27(28)36-20-9-12-29(36)32(37)26-21-25(40-3)17-18-30(26)41-4/h7-18,20-21,32H,5-6,19,22H2,1-4H3,(H,34,39). The van der Waals surface area contributed by atoms with Crippen LogP contribution in [0.2, 0.25) is 0 Å². The molecule has 0 aliphatic carbocycles. The van der Waals surface area contributed by atoms with Crippen molar-refractivity contribution in [3.63, 3.8) is 0 Å². The minimum absolute atomic E-state index is 0.0878. The van der Waals surface area contributed by atoms with Gasteiger partial charge < -0.3 is 24.3 Å². The molecule has 0 saturated heterocycles. The van der Waals surface area contributed by atoms with Gasteiger partial charge in [0.25, 0.3) is 0 Å². The van der Waals surface area contributed by atoms with Crippen LogP contribution in [0.1, 0.15) is 42.6 Å². The Morgan fingerprint density at radius 1 is 0.927 bits per heavy atom. The van der Waals surface area contributed by atoms with E-state index in [0.29, 0.717) is 23.7 Å². The van der Waals surface area contributed by atoms with Gasteiger partial charge in [-0.25, -0.2) is 4.79 Å². The maximum atomic E-state index is 14.4. The van der Waals surface area contributed by atoms with Gasteiger partial charge >= 0.3 is 6.03 Å². The van der Waals surface area contributed by atoms with Gasteiger partial charge in [-0.1, -0.05) is 43.2 Å². The summed E-state index contributed by atoms with van der Waals surface area (Å²) < 4.78 is 13.4. The predicted octanol–water partition coefficient (Wildman–Crippen LogP) is 6.57. The summed E-state index contributed by atoms with van der Waals surface area (Å²) in [6.07, 6.45) is 3.67. The molecular formula is C33H36N4O4. The first-order valence-electron chi connectivity index (χ1n) is 13.9. The third-order valence-electron chi connectivity index (χ3n) is 7.42. The number of benzene rings is 3. The Balaban J connectivity index is 1.55. The second kappa shape index (κ2) is 12.2. The Morgan fingerprint density at radius 2 is 1.68 bits per heavy atom. The van der Waals surface area contributed by atoms with Gasteiger partial charge in [-0.05, 0) is 67.9 Å². The lowest BCUT2D eigenvalue weighted by molar-refractivity contribution is -0.119. The van der Waals surface area contributed by atoms with Crippen molar-refractivity contribution in [3.8, 4) is 17.2 Å². The first-order valence-corrected chi connectivity index (χ1v) is 13.9. The van der Waals surface area contributed by atoms with E-state index in [1.807, 2.05) is 92.0 Å². The molecule has 3 amide bonds. The number of nitrogens with one attached hydrogen (secondary N) is 1. The van der Waals surface area contributed by atoms with Crippen molar-refractivity contribution in [2.75, 3.05) is 37.5 Å². The number of carbonyl (C=O) groups is 2. The molecule has 2 heterocycles. The molecule has 4 aromatic rings. The molecule has 1 atom stereocenters. The number of rotatable bonds is 9. The smallest absolute Gasteiger partial charge is 0.322 e. The van der Waals surface area contributed by atoms with Gasteiger partial charge in [-0.2, -0.15) is 0 Å². The van der Waals surface area contributed by atoms with Crippen molar-refractivity contribution in [1.29, 1.82) is 0 Å². The molecule has 3 aromatic carbocycles. The second-order valence-corrected chi connectivity index (χ2v) is 10.1. The lowest BCUT2D eigenvalue weighted by Gasteiger charge is -2.40. The van der Waals surface area contributed by atoms with Gasteiger partial charge in [-0.15, -0.1) is 0 Å². The molecule has 1 unspecified atom stereocenters. The molecule has 0 fully saturated rings. The summed E-state index contributed by atoms with van der Waals surface area (Å²) in [7, 11) is 3.24. The summed E-state index contributed by atoms with van der Waals surface area (Å²) in [5.41, 5.74) is 5.14. The van der Waals surface area contributed by atoms with Crippen molar-refractivity contribution in [2.24, 2.45) is 0 Å². The summed E-state index contributed by atoms with van der Waals surface area (Å²) in [5, 5.41) is 2.97. The van der Waals surface area contributed by atoms with E-state index < -0.39 is 6.04 Å². The van der Waals surface area contributed by atoms with Crippen LogP contribution in [-0.2, 0) is 4.79 Å². The fourth-order valence-electron chi connectivity index (χ4n) is 5.29. The zero-order valence-electron chi connectivity index (χ0n) is 24.0. The molecule has 8 nitrogen and oxygen atoms in total. The maximum absolute atomic E-state index is 14.4. The molecule has 0 saturated carbocycles. The zero-order valence-corrected chi connectivity index (χ0v) is 24.0. The largest absolute Gasteiger partial charge is 0.497 e. The summed E-state index contributed by atoms with van der Waals surface area (Å²) in [6, 6.07) is 24.2. The molecule has 0 spiro atoms. The van der Waals surface area contributed by atoms with E-state index in [-0.39, 0.29) is 18.5 Å². The number of nitrogens with zero attached hydrogens (tertiary/aromatic N) is 3. The Morgan fingerprint density at radius 3 is 2.39 bits per heavy atom. The number of urea groups is 1. The van der Waals surface area contributed by atoms with E-state index in [2.05, 4.69) is 16.8 Å². The molecule has 0 bridgehead atoms. The number of hydrogen-bond donors (Lipinski definition) is 1. The fourth-order valence-corrected chi connectivity index (χ4v) is 5.29. The fraction of sp³-hybridized carbons (Fsp3) is 0.273. The highest BCUT2D eigenvalue weighted by molar-refractivity contribution is 6.01. The summed E-state index contributed by atoms with van der Waals surface area (Å²) >= 11 is 0. The van der Waals surface area contributed by atoms with Crippen molar-refractivity contribution in [1.82, 2.24) is 9.47 Å². The van der Waals surface area contributed by atoms with E-state index >= 15 is 0 Å². The lowest BCUT2D eigenvalue weighted by atomic mass is 9.96. The molecule has 5 rings (SSSR count). The number of amides is 3. The van der Waals surface area contributed by atoms with Gasteiger partial charge in [0.05, 0.1) is 31.3 Å². The van der Waals surface area contributed by atoms with E-state index in [9.17, 15) is 9.59 Å². The molecule has 41 heavy (non-hydrogen) atoms. The number of fused-ring (bicyclic) bond motifs is 3. The lowest BCUT2D eigenvalue weighted by Crippen LogP contribution is -2.48. The number of aryl methyl sites for hydroxylation is 1. The van der Waals surface area contributed by atoms with Crippen molar-refractivity contribution in [3.05, 3.63) is 102 Å². The van der Waals surface area contributed by atoms with Crippen LogP contribution in [0.5, 0.6) is 11.5 Å². The molecule has 1 N–H and O–H groups in total. The van der Waals surface area contributed by atoms with Crippen LogP contribution in [0.25, 0.3) is 5.69 Å². The number of aromatic nitrogens is 1. The number of ether oxygens (including phenoxy) is 2. The van der Waals surface area contributed by atoms with Gasteiger partial charge in [0, 0.05) is 24.0 Å². The highest BCUT2D eigenvalue weighted by Gasteiger charge is 2.38.